The predicted molar refractivity (Wildman–Crippen MR) is 69.1 cm³/mol. The molecule has 2 rings (SSSR count). The van der Waals surface area contributed by atoms with Crippen LogP contribution in [0.1, 0.15) is 22.2 Å². The molecule has 0 radical (unpaired) electrons. The van der Waals surface area contributed by atoms with E-state index in [1.165, 1.54) is 10.4 Å². The zero-order valence-corrected chi connectivity index (χ0v) is 11.5. The summed E-state index contributed by atoms with van der Waals surface area (Å²) in [6.45, 7) is 2.07. The Labute approximate surface area is 107 Å². The van der Waals surface area contributed by atoms with Gasteiger partial charge in [-0.1, -0.05) is 0 Å². The van der Waals surface area contributed by atoms with Crippen LogP contribution in [0.4, 0.5) is 0 Å². The summed E-state index contributed by atoms with van der Waals surface area (Å²) in [4.78, 5) is 1.18. The number of hydrazine groups is 1. The normalized spacial score (nSPS) is 13.0. The van der Waals surface area contributed by atoms with Gasteiger partial charge in [0.05, 0.1) is 15.5 Å². The van der Waals surface area contributed by atoms with Crippen LogP contribution in [0, 0.1) is 6.92 Å². The summed E-state index contributed by atoms with van der Waals surface area (Å²) in [5.41, 5.74) is 5.11. The van der Waals surface area contributed by atoms with E-state index in [1.54, 1.807) is 17.5 Å². The van der Waals surface area contributed by atoms with E-state index in [0.29, 0.717) is 0 Å². The number of nitrogens with zero attached hydrogens (tertiary/aromatic N) is 2. The molecule has 2 aromatic heterocycles. The summed E-state index contributed by atoms with van der Waals surface area (Å²) in [6.07, 6.45) is 1.77. The van der Waals surface area contributed by atoms with Gasteiger partial charge in [0.15, 0.2) is 0 Å². The molecule has 0 amide bonds. The minimum absolute atomic E-state index is 0.0116. The molecule has 0 saturated carbocycles. The Morgan fingerprint density at radius 2 is 2.38 bits per heavy atom. The first-order valence-corrected chi connectivity index (χ1v) is 6.44. The van der Waals surface area contributed by atoms with Gasteiger partial charge in [0.25, 0.3) is 0 Å². The van der Waals surface area contributed by atoms with Gasteiger partial charge in [-0.2, -0.15) is 5.10 Å². The third-order valence-electron chi connectivity index (χ3n) is 2.48. The van der Waals surface area contributed by atoms with E-state index in [-0.39, 0.29) is 6.04 Å². The molecule has 0 spiro atoms. The molecule has 4 nitrogen and oxygen atoms in total. The topological polar surface area (TPSA) is 55.9 Å². The number of aryl methyl sites for hydroxylation is 2. The molecule has 2 heterocycles. The fourth-order valence-electron chi connectivity index (χ4n) is 1.61. The van der Waals surface area contributed by atoms with E-state index in [4.69, 9.17) is 5.84 Å². The van der Waals surface area contributed by atoms with E-state index in [1.807, 2.05) is 17.8 Å². The molecular formula is C10H13BrN4S. The summed E-state index contributed by atoms with van der Waals surface area (Å²) in [7, 11) is 1.91. The number of rotatable bonds is 3. The Bertz CT molecular complexity index is 471. The first-order chi connectivity index (χ1) is 7.63. The Kier molecular flexibility index (Phi) is 3.44. The Hall–Kier alpha value is -0.690. The van der Waals surface area contributed by atoms with E-state index >= 15 is 0 Å². The van der Waals surface area contributed by atoms with Crippen LogP contribution in [0.5, 0.6) is 0 Å². The van der Waals surface area contributed by atoms with Crippen LogP contribution < -0.4 is 11.3 Å². The summed E-state index contributed by atoms with van der Waals surface area (Å²) < 4.78 is 2.97. The van der Waals surface area contributed by atoms with Gasteiger partial charge >= 0.3 is 0 Å². The average molecular weight is 301 g/mol. The second-order valence-electron chi connectivity index (χ2n) is 3.58. The van der Waals surface area contributed by atoms with Gasteiger partial charge in [-0.15, -0.1) is 11.3 Å². The highest BCUT2D eigenvalue weighted by Gasteiger charge is 2.18. The molecule has 0 aliphatic heterocycles. The molecular weight excluding hydrogens is 288 g/mol. The van der Waals surface area contributed by atoms with Crippen LogP contribution in [0.25, 0.3) is 0 Å². The van der Waals surface area contributed by atoms with Crippen molar-refractivity contribution in [2.75, 3.05) is 0 Å². The van der Waals surface area contributed by atoms with Crippen LogP contribution in [-0.4, -0.2) is 9.78 Å². The molecule has 0 bridgehead atoms. The monoisotopic (exact) mass is 300 g/mol. The second-order valence-corrected chi connectivity index (χ2v) is 5.99. The Morgan fingerprint density at radius 1 is 1.62 bits per heavy atom. The number of nitrogens with two attached hydrogens (primary N) is 1. The van der Waals surface area contributed by atoms with Crippen LogP contribution in [-0.2, 0) is 7.05 Å². The lowest BCUT2D eigenvalue weighted by Gasteiger charge is -2.14. The average Bonchev–Trinajstić information content (AvgIpc) is 2.78. The smallest absolute Gasteiger partial charge is 0.0970 e. The summed E-state index contributed by atoms with van der Waals surface area (Å²) in [6, 6.07) is 4.09. The van der Waals surface area contributed by atoms with Crippen molar-refractivity contribution in [3.63, 3.8) is 0 Å². The lowest BCUT2D eigenvalue weighted by atomic mass is 10.1. The quantitative estimate of drug-likeness (QED) is 0.674. The van der Waals surface area contributed by atoms with Gasteiger partial charge in [0, 0.05) is 18.1 Å². The minimum atomic E-state index is -0.0116. The van der Waals surface area contributed by atoms with Gasteiger partial charge in [-0.25, -0.2) is 5.43 Å². The van der Waals surface area contributed by atoms with E-state index in [2.05, 4.69) is 39.4 Å². The molecule has 1 atom stereocenters. The first kappa shape index (κ1) is 11.8. The predicted octanol–water partition coefficient (Wildman–Crippen LogP) is 2.11. The highest BCUT2D eigenvalue weighted by atomic mass is 79.9. The van der Waals surface area contributed by atoms with Crippen LogP contribution in [0.15, 0.2) is 22.1 Å². The molecule has 0 fully saturated rings. The molecule has 0 aliphatic rings. The SMILES string of the molecule is Cc1cc(C(NN)c2ccnn2C)sc1Br. The van der Waals surface area contributed by atoms with Crippen molar-refractivity contribution in [2.24, 2.45) is 12.9 Å². The largest absolute Gasteiger partial charge is 0.271 e. The fourth-order valence-corrected chi connectivity index (χ4v) is 3.25. The standard InChI is InChI=1S/C10H13BrN4S/c1-6-5-8(16-10(6)11)9(14-12)7-3-4-13-15(7)2/h3-5,9,14H,12H2,1-2H3. The Balaban J connectivity index is 2.40. The van der Waals surface area contributed by atoms with Gasteiger partial charge in [-0.3, -0.25) is 10.5 Å². The highest BCUT2D eigenvalue weighted by Crippen LogP contribution is 2.33. The summed E-state index contributed by atoms with van der Waals surface area (Å²) >= 11 is 5.21. The minimum Gasteiger partial charge on any atom is -0.271 e. The lowest BCUT2D eigenvalue weighted by Crippen LogP contribution is -2.29. The van der Waals surface area contributed by atoms with E-state index in [0.717, 1.165) is 9.48 Å². The molecule has 2 aromatic rings. The van der Waals surface area contributed by atoms with Crippen LogP contribution in [0.3, 0.4) is 0 Å². The lowest BCUT2D eigenvalue weighted by molar-refractivity contribution is 0.582. The second kappa shape index (κ2) is 4.67. The number of aromatic nitrogens is 2. The van der Waals surface area contributed by atoms with Crippen molar-refractivity contribution in [1.29, 1.82) is 0 Å². The molecule has 3 N–H and O–H groups in total. The van der Waals surface area contributed by atoms with E-state index < -0.39 is 0 Å². The van der Waals surface area contributed by atoms with Crippen molar-refractivity contribution in [1.82, 2.24) is 15.2 Å². The summed E-state index contributed by atoms with van der Waals surface area (Å²) in [5.74, 6) is 5.62. The highest BCUT2D eigenvalue weighted by molar-refractivity contribution is 9.11. The zero-order valence-electron chi connectivity index (χ0n) is 9.07. The number of nitrogens with one attached hydrogen (secondary N) is 1. The zero-order chi connectivity index (χ0) is 11.7. The van der Waals surface area contributed by atoms with Gasteiger partial charge in [0.2, 0.25) is 0 Å². The maximum atomic E-state index is 5.62. The Morgan fingerprint density at radius 3 is 2.81 bits per heavy atom. The van der Waals surface area contributed by atoms with E-state index in [9.17, 15) is 0 Å². The molecule has 1 unspecified atom stereocenters. The van der Waals surface area contributed by atoms with Crippen LogP contribution in [0.2, 0.25) is 0 Å². The van der Waals surface area contributed by atoms with Crippen molar-refractivity contribution < 1.29 is 0 Å². The number of hydrogen-bond acceptors (Lipinski definition) is 4. The van der Waals surface area contributed by atoms with Gasteiger partial charge in [-0.05, 0) is 40.5 Å². The number of hydrogen-bond donors (Lipinski definition) is 2. The maximum absolute atomic E-state index is 5.62. The number of thiophene rings is 1. The van der Waals surface area contributed by atoms with Crippen molar-refractivity contribution in [3.8, 4) is 0 Å². The number of halogens is 1. The van der Waals surface area contributed by atoms with Gasteiger partial charge in [0.1, 0.15) is 0 Å². The first-order valence-electron chi connectivity index (χ1n) is 4.83. The molecule has 0 aromatic carbocycles. The fraction of sp³-hybridized carbons (Fsp3) is 0.300. The van der Waals surface area contributed by atoms with Crippen molar-refractivity contribution >= 4 is 27.3 Å². The molecule has 0 aliphatic carbocycles. The maximum Gasteiger partial charge on any atom is 0.0970 e. The van der Waals surface area contributed by atoms with Crippen molar-refractivity contribution in [3.05, 3.63) is 38.3 Å². The molecule has 16 heavy (non-hydrogen) atoms. The van der Waals surface area contributed by atoms with Gasteiger partial charge < -0.3 is 0 Å². The van der Waals surface area contributed by atoms with Crippen molar-refractivity contribution in [2.45, 2.75) is 13.0 Å². The third kappa shape index (κ3) is 2.06. The third-order valence-corrected chi connectivity index (χ3v) is 4.68. The molecule has 6 heteroatoms. The molecule has 86 valence electrons. The van der Waals surface area contributed by atoms with Crippen LogP contribution >= 0.6 is 27.3 Å². The molecule has 0 saturated heterocycles. The summed E-state index contributed by atoms with van der Waals surface area (Å²) in [5, 5.41) is 4.15.